The standard InChI is InChI=1S/C23H25F3N2O2/c1-2-29-15-4-5-16(19(12-15)23(24,25)26)14-10-17-18-13-27-7-6-20(18)28-8-3-9-30-21(11-14)22(17)28/h4-5,10-12,18,20,27H,2-3,6-9,13H2,1H3/t18-,20-/m0/s1. The molecule has 1 fully saturated rings. The first kappa shape index (κ1) is 19.5. The molecule has 1 saturated heterocycles. The number of anilines is 1. The summed E-state index contributed by atoms with van der Waals surface area (Å²) >= 11 is 0. The molecule has 0 aromatic heterocycles. The van der Waals surface area contributed by atoms with Crippen molar-refractivity contribution in [1.29, 1.82) is 0 Å². The molecule has 0 unspecified atom stereocenters. The zero-order valence-corrected chi connectivity index (χ0v) is 16.9. The fourth-order valence-corrected chi connectivity index (χ4v) is 5.15. The number of fused-ring (bicyclic) bond motifs is 3. The molecule has 0 spiro atoms. The van der Waals surface area contributed by atoms with Gasteiger partial charge < -0.3 is 19.7 Å². The molecule has 0 bridgehead atoms. The molecule has 2 aromatic carbocycles. The van der Waals surface area contributed by atoms with Gasteiger partial charge in [0.1, 0.15) is 11.5 Å². The van der Waals surface area contributed by atoms with Crippen LogP contribution in [-0.2, 0) is 6.18 Å². The van der Waals surface area contributed by atoms with Crippen LogP contribution in [0.5, 0.6) is 11.5 Å². The lowest BCUT2D eigenvalue weighted by Crippen LogP contribution is -2.44. The molecule has 4 nitrogen and oxygen atoms in total. The number of halogens is 3. The minimum Gasteiger partial charge on any atom is -0.494 e. The van der Waals surface area contributed by atoms with Crippen LogP contribution in [0.4, 0.5) is 18.9 Å². The van der Waals surface area contributed by atoms with E-state index in [0.29, 0.717) is 30.6 Å². The summed E-state index contributed by atoms with van der Waals surface area (Å²) in [6.07, 6.45) is -2.53. The number of hydrogen-bond donors (Lipinski definition) is 1. The van der Waals surface area contributed by atoms with Crippen LogP contribution in [0.2, 0.25) is 0 Å². The molecular formula is C23H25F3N2O2. The molecule has 2 atom stereocenters. The number of rotatable bonds is 3. The smallest absolute Gasteiger partial charge is 0.417 e. The van der Waals surface area contributed by atoms with E-state index in [-0.39, 0.29) is 17.2 Å². The van der Waals surface area contributed by atoms with Gasteiger partial charge in [-0.25, -0.2) is 0 Å². The Kier molecular flexibility index (Phi) is 4.81. The van der Waals surface area contributed by atoms with Gasteiger partial charge in [0.05, 0.1) is 24.5 Å². The molecule has 0 radical (unpaired) electrons. The van der Waals surface area contributed by atoms with Crippen LogP contribution in [-0.4, -0.2) is 38.9 Å². The monoisotopic (exact) mass is 418 g/mol. The highest BCUT2D eigenvalue weighted by Gasteiger charge is 2.43. The lowest BCUT2D eigenvalue weighted by molar-refractivity contribution is -0.137. The van der Waals surface area contributed by atoms with E-state index < -0.39 is 11.7 Å². The highest BCUT2D eigenvalue weighted by Crippen LogP contribution is 2.52. The Morgan fingerprint density at radius 2 is 2.10 bits per heavy atom. The zero-order valence-electron chi connectivity index (χ0n) is 16.9. The van der Waals surface area contributed by atoms with Gasteiger partial charge in [0.15, 0.2) is 0 Å². The maximum absolute atomic E-state index is 13.9. The average Bonchev–Trinajstić information content (AvgIpc) is 2.89. The van der Waals surface area contributed by atoms with Crippen molar-refractivity contribution in [2.75, 3.05) is 37.7 Å². The van der Waals surface area contributed by atoms with Crippen LogP contribution in [0.1, 0.15) is 36.8 Å². The lowest BCUT2D eigenvalue weighted by atomic mass is 9.88. The molecule has 3 aliphatic rings. The predicted molar refractivity (Wildman–Crippen MR) is 110 cm³/mol. The topological polar surface area (TPSA) is 33.7 Å². The van der Waals surface area contributed by atoms with Crippen molar-refractivity contribution >= 4 is 5.69 Å². The molecular weight excluding hydrogens is 393 g/mol. The van der Waals surface area contributed by atoms with E-state index in [4.69, 9.17) is 9.47 Å². The molecule has 3 aliphatic heterocycles. The molecule has 1 N–H and O–H groups in total. The van der Waals surface area contributed by atoms with Gasteiger partial charge in [0.2, 0.25) is 0 Å². The number of ether oxygens (including phenoxy) is 2. The summed E-state index contributed by atoms with van der Waals surface area (Å²) in [5.41, 5.74) is 2.21. The fraction of sp³-hybridized carbons (Fsp3) is 0.478. The van der Waals surface area contributed by atoms with Gasteiger partial charge >= 0.3 is 6.18 Å². The van der Waals surface area contributed by atoms with Gasteiger partial charge in [0, 0.05) is 25.0 Å². The van der Waals surface area contributed by atoms with Crippen LogP contribution in [0.25, 0.3) is 11.1 Å². The van der Waals surface area contributed by atoms with Crippen molar-refractivity contribution < 1.29 is 22.6 Å². The third kappa shape index (κ3) is 3.20. The maximum atomic E-state index is 13.9. The quantitative estimate of drug-likeness (QED) is 0.775. The highest BCUT2D eigenvalue weighted by molar-refractivity contribution is 5.80. The molecule has 0 saturated carbocycles. The Hall–Kier alpha value is -2.41. The Morgan fingerprint density at radius 3 is 2.90 bits per heavy atom. The van der Waals surface area contributed by atoms with Crippen LogP contribution in [0.3, 0.4) is 0 Å². The Bertz CT molecular complexity index is 960. The number of alkyl halides is 3. The minimum atomic E-state index is -4.47. The molecule has 7 heteroatoms. The summed E-state index contributed by atoms with van der Waals surface area (Å²) in [6, 6.07) is 8.34. The van der Waals surface area contributed by atoms with E-state index in [1.165, 1.54) is 6.07 Å². The number of nitrogens with one attached hydrogen (secondary N) is 1. The fourth-order valence-electron chi connectivity index (χ4n) is 5.15. The lowest BCUT2D eigenvalue weighted by Gasteiger charge is -2.33. The van der Waals surface area contributed by atoms with E-state index in [0.717, 1.165) is 49.8 Å². The molecule has 2 aromatic rings. The Morgan fingerprint density at radius 1 is 1.23 bits per heavy atom. The maximum Gasteiger partial charge on any atom is 0.417 e. The van der Waals surface area contributed by atoms with E-state index in [2.05, 4.69) is 10.2 Å². The van der Waals surface area contributed by atoms with Gasteiger partial charge in [-0.05, 0) is 67.3 Å². The van der Waals surface area contributed by atoms with Gasteiger partial charge in [-0.2, -0.15) is 13.2 Å². The predicted octanol–water partition coefficient (Wildman–Crippen LogP) is 4.82. The normalized spacial score (nSPS) is 22.7. The summed E-state index contributed by atoms with van der Waals surface area (Å²) < 4.78 is 53.1. The van der Waals surface area contributed by atoms with E-state index in [9.17, 15) is 13.2 Å². The SMILES string of the molecule is CCOc1ccc(-c2cc3c4c(c2)[C@@H]2CNCC[C@@H]2N4CCCO3)c(C(F)(F)F)c1. The van der Waals surface area contributed by atoms with Crippen molar-refractivity contribution in [3.05, 3.63) is 41.5 Å². The molecule has 0 amide bonds. The first-order chi connectivity index (χ1) is 14.5. The van der Waals surface area contributed by atoms with Crippen molar-refractivity contribution in [1.82, 2.24) is 5.32 Å². The van der Waals surface area contributed by atoms with Crippen molar-refractivity contribution in [2.45, 2.75) is 37.9 Å². The summed E-state index contributed by atoms with van der Waals surface area (Å²) in [6.45, 7) is 5.39. The second-order valence-corrected chi connectivity index (χ2v) is 8.11. The number of benzene rings is 2. The number of hydrogen-bond acceptors (Lipinski definition) is 4. The van der Waals surface area contributed by atoms with Crippen molar-refractivity contribution in [2.24, 2.45) is 0 Å². The van der Waals surface area contributed by atoms with Gasteiger partial charge in [-0.3, -0.25) is 0 Å². The highest BCUT2D eigenvalue weighted by atomic mass is 19.4. The largest absolute Gasteiger partial charge is 0.494 e. The van der Waals surface area contributed by atoms with Gasteiger partial charge in [0.25, 0.3) is 0 Å². The van der Waals surface area contributed by atoms with E-state index in [1.54, 1.807) is 19.1 Å². The average molecular weight is 418 g/mol. The van der Waals surface area contributed by atoms with Crippen molar-refractivity contribution in [3.63, 3.8) is 0 Å². The van der Waals surface area contributed by atoms with Crippen LogP contribution < -0.4 is 19.7 Å². The summed E-state index contributed by atoms with van der Waals surface area (Å²) in [4.78, 5) is 2.43. The third-order valence-corrected chi connectivity index (χ3v) is 6.36. The second kappa shape index (κ2) is 7.38. The van der Waals surface area contributed by atoms with Crippen molar-refractivity contribution in [3.8, 4) is 22.6 Å². The third-order valence-electron chi connectivity index (χ3n) is 6.36. The molecule has 0 aliphatic carbocycles. The second-order valence-electron chi connectivity index (χ2n) is 8.11. The first-order valence-electron chi connectivity index (χ1n) is 10.6. The molecule has 30 heavy (non-hydrogen) atoms. The number of piperidine rings is 1. The van der Waals surface area contributed by atoms with E-state index in [1.807, 2.05) is 6.07 Å². The van der Waals surface area contributed by atoms with Crippen LogP contribution >= 0.6 is 0 Å². The van der Waals surface area contributed by atoms with E-state index >= 15 is 0 Å². The minimum absolute atomic E-state index is 0.164. The first-order valence-corrected chi connectivity index (χ1v) is 10.6. The Balaban J connectivity index is 1.67. The summed E-state index contributed by atoms with van der Waals surface area (Å²) in [5.74, 6) is 1.20. The number of nitrogens with zero attached hydrogens (tertiary/aromatic N) is 1. The zero-order chi connectivity index (χ0) is 20.9. The Labute approximate surface area is 174 Å². The molecule has 160 valence electrons. The van der Waals surface area contributed by atoms with Gasteiger partial charge in [-0.15, -0.1) is 0 Å². The summed E-state index contributed by atoms with van der Waals surface area (Å²) in [7, 11) is 0. The van der Waals surface area contributed by atoms with Crippen LogP contribution in [0, 0.1) is 0 Å². The van der Waals surface area contributed by atoms with Crippen LogP contribution in [0.15, 0.2) is 30.3 Å². The summed E-state index contributed by atoms with van der Waals surface area (Å²) in [5, 5.41) is 3.45. The molecule has 5 rings (SSSR count). The molecule has 3 heterocycles. The van der Waals surface area contributed by atoms with Gasteiger partial charge in [-0.1, -0.05) is 6.07 Å².